The number of carbonyl (C=O) groups excluding carboxylic acids is 2. The minimum atomic E-state index is -0.590. The van der Waals surface area contributed by atoms with E-state index in [2.05, 4.69) is 6.92 Å². The predicted octanol–water partition coefficient (Wildman–Crippen LogP) is 3.77. The van der Waals surface area contributed by atoms with Crippen LogP contribution in [0, 0.1) is 29.6 Å². The first-order valence-electron chi connectivity index (χ1n) is 9.19. The van der Waals surface area contributed by atoms with Gasteiger partial charge in [-0.1, -0.05) is 52.7 Å². The second kappa shape index (κ2) is 8.80. The molecule has 1 fully saturated rings. The molecule has 4 nitrogen and oxygen atoms in total. The quantitative estimate of drug-likeness (QED) is 0.513. The third-order valence-electron chi connectivity index (χ3n) is 5.49. The minimum absolute atomic E-state index is 0.0157. The molecule has 4 heteroatoms. The van der Waals surface area contributed by atoms with E-state index in [1.54, 1.807) is 0 Å². The normalized spacial score (nSPS) is 27.5. The smallest absolute Gasteiger partial charge is 0.312 e. The summed E-state index contributed by atoms with van der Waals surface area (Å²) in [6, 6.07) is 0. The SMILES string of the molecule is CC[C@H](C)[C@@H](O)[C@H](C)C(=O)[C@H](C)/C=C(\C)C[C@H](C)[C@@H]1OC(=O)[C@H]1C. The summed E-state index contributed by atoms with van der Waals surface area (Å²) in [5.74, 6) is -0.271. The number of cyclic esters (lactones) is 1. The van der Waals surface area contributed by atoms with Crippen LogP contribution < -0.4 is 0 Å². The highest BCUT2D eigenvalue weighted by atomic mass is 16.6. The maximum Gasteiger partial charge on any atom is 0.312 e. The predicted molar refractivity (Wildman–Crippen MR) is 95.4 cm³/mol. The molecule has 0 radical (unpaired) electrons. The van der Waals surface area contributed by atoms with Crippen molar-refractivity contribution in [1.82, 2.24) is 0 Å². The van der Waals surface area contributed by atoms with E-state index in [1.165, 1.54) is 0 Å². The van der Waals surface area contributed by atoms with E-state index < -0.39 is 6.10 Å². The van der Waals surface area contributed by atoms with Gasteiger partial charge in [0.15, 0.2) is 0 Å². The van der Waals surface area contributed by atoms with E-state index in [1.807, 2.05) is 47.6 Å². The average molecular weight is 338 g/mol. The summed E-state index contributed by atoms with van der Waals surface area (Å²) >= 11 is 0. The maximum atomic E-state index is 12.5. The molecule has 1 heterocycles. The third-order valence-corrected chi connectivity index (χ3v) is 5.49. The van der Waals surface area contributed by atoms with Gasteiger partial charge in [-0.25, -0.2) is 0 Å². The Morgan fingerprint density at radius 3 is 2.33 bits per heavy atom. The number of rotatable bonds is 9. The van der Waals surface area contributed by atoms with Crippen molar-refractivity contribution < 1.29 is 19.4 Å². The fraction of sp³-hybridized carbons (Fsp3) is 0.800. The topological polar surface area (TPSA) is 63.6 Å². The lowest BCUT2D eigenvalue weighted by Gasteiger charge is -2.37. The molecule has 0 unspecified atom stereocenters. The highest BCUT2D eigenvalue weighted by Gasteiger charge is 2.41. The summed E-state index contributed by atoms with van der Waals surface area (Å²) in [4.78, 5) is 23.8. The Morgan fingerprint density at radius 1 is 1.29 bits per heavy atom. The van der Waals surface area contributed by atoms with Gasteiger partial charge < -0.3 is 9.84 Å². The number of hydrogen-bond donors (Lipinski definition) is 1. The van der Waals surface area contributed by atoms with Crippen molar-refractivity contribution in [2.75, 3.05) is 0 Å². The molecule has 1 N–H and O–H groups in total. The largest absolute Gasteiger partial charge is 0.461 e. The van der Waals surface area contributed by atoms with Crippen LogP contribution in [0.5, 0.6) is 0 Å². The summed E-state index contributed by atoms with van der Waals surface area (Å²) in [6.07, 6.45) is 3.05. The van der Waals surface area contributed by atoms with Crippen molar-refractivity contribution >= 4 is 11.8 Å². The van der Waals surface area contributed by atoms with Crippen LogP contribution in [0.2, 0.25) is 0 Å². The second-order valence-electron chi connectivity index (χ2n) is 7.74. The Hall–Kier alpha value is -1.16. The number of aliphatic hydroxyl groups is 1. The molecule has 1 rings (SSSR count). The van der Waals surface area contributed by atoms with Crippen molar-refractivity contribution in [1.29, 1.82) is 0 Å². The fourth-order valence-electron chi connectivity index (χ4n) is 3.53. The first-order chi connectivity index (χ1) is 11.1. The highest BCUT2D eigenvalue weighted by Crippen LogP contribution is 2.32. The van der Waals surface area contributed by atoms with Crippen LogP contribution in [0.25, 0.3) is 0 Å². The maximum absolute atomic E-state index is 12.5. The molecule has 7 atom stereocenters. The van der Waals surface area contributed by atoms with Crippen LogP contribution in [0.3, 0.4) is 0 Å². The Balaban J connectivity index is 2.60. The van der Waals surface area contributed by atoms with Gasteiger partial charge in [0, 0.05) is 11.8 Å². The summed E-state index contributed by atoms with van der Waals surface area (Å²) in [5, 5.41) is 10.3. The first-order valence-corrected chi connectivity index (χ1v) is 9.19. The third kappa shape index (κ3) is 4.92. The van der Waals surface area contributed by atoms with Crippen molar-refractivity contribution in [2.24, 2.45) is 29.6 Å². The lowest BCUT2D eigenvalue weighted by molar-refractivity contribution is -0.188. The summed E-state index contributed by atoms with van der Waals surface area (Å²) in [5.41, 5.74) is 1.13. The van der Waals surface area contributed by atoms with Crippen molar-refractivity contribution in [3.05, 3.63) is 11.6 Å². The molecule has 1 aliphatic rings. The van der Waals surface area contributed by atoms with Gasteiger partial charge in [0.2, 0.25) is 0 Å². The number of hydrogen-bond acceptors (Lipinski definition) is 4. The number of esters is 1. The van der Waals surface area contributed by atoms with Crippen molar-refractivity contribution in [2.45, 2.75) is 73.5 Å². The van der Waals surface area contributed by atoms with Gasteiger partial charge >= 0.3 is 5.97 Å². The average Bonchev–Trinajstić information content (AvgIpc) is 2.55. The van der Waals surface area contributed by atoms with Crippen molar-refractivity contribution in [3.63, 3.8) is 0 Å². The molecular weight excluding hydrogens is 304 g/mol. The number of ether oxygens (including phenoxy) is 1. The molecule has 0 aromatic carbocycles. The highest BCUT2D eigenvalue weighted by molar-refractivity contribution is 5.85. The molecule has 0 amide bonds. The molecular formula is C20H34O4. The van der Waals surface area contributed by atoms with Gasteiger partial charge in [-0.2, -0.15) is 0 Å². The summed E-state index contributed by atoms with van der Waals surface area (Å²) < 4.78 is 5.21. The summed E-state index contributed by atoms with van der Waals surface area (Å²) in [6.45, 7) is 13.7. The second-order valence-corrected chi connectivity index (χ2v) is 7.74. The number of ketones is 1. The van der Waals surface area contributed by atoms with Gasteiger partial charge in [-0.15, -0.1) is 0 Å². The zero-order valence-electron chi connectivity index (χ0n) is 16.2. The molecule has 24 heavy (non-hydrogen) atoms. The van der Waals surface area contributed by atoms with Crippen LogP contribution in [0.4, 0.5) is 0 Å². The Labute approximate surface area is 146 Å². The van der Waals surface area contributed by atoms with E-state index in [0.717, 1.165) is 18.4 Å². The standard InChI is InChI=1S/C20H34O4/c1-8-12(3)17(21)15(6)18(22)13(4)9-11(2)10-14(5)19-16(7)20(23)24-19/h9,12-17,19,21H,8,10H2,1-7H3/b11-9+/t12-,13+,14-,15-,16-,17+,19-/m0/s1. The molecule has 0 aromatic heterocycles. The summed E-state index contributed by atoms with van der Waals surface area (Å²) in [7, 11) is 0. The number of allylic oxidation sites excluding steroid dienone is 2. The molecule has 1 aliphatic heterocycles. The molecule has 0 saturated carbocycles. The Morgan fingerprint density at radius 2 is 1.88 bits per heavy atom. The van der Waals surface area contributed by atoms with Gasteiger partial charge in [0.25, 0.3) is 0 Å². The zero-order chi connectivity index (χ0) is 18.6. The van der Waals surface area contributed by atoms with Gasteiger partial charge in [0.1, 0.15) is 11.9 Å². The van der Waals surface area contributed by atoms with Crippen LogP contribution >= 0.6 is 0 Å². The zero-order valence-corrected chi connectivity index (χ0v) is 16.2. The number of aliphatic hydroxyl groups excluding tert-OH is 1. The molecule has 0 spiro atoms. The van der Waals surface area contributed by atoms with Gasteiger partial charge in [-0.05, 0) is 32.1 Å². The van der Waals surface area contributed by atoms with Crippen LogP contribution in [-0.4, -0.2) is 29.1 Å². The molecule has 138 valence electrons. The molecule has 0 bridgehead atoms. The molecule has 0 aromatic rings. The number of carbonyl (C=O) groups is 2. The monoisotopic (exact) mass is 338 g/mol. The van der Waals surface area contributed by atoms with Crippen LogP contribution in [0.1, 0.15) is 61.3 Å². The van der Waals surface area contributed by atoms with Crippen molar-refractivity contribution in [3.8, 4) is 0 Å². The number of Topliss-reactive ketones (excluding diaryl/α,β-unsaturated/α-hetero) is 1. The minimum Gasteiger partial charge on any atom is -0.461 e. The van der Waals surface area contributed by atoms with Gasteiger partial charge in [-0.3, -0.25) is 9.59 Å². The fourth-order valence-corrected chi connectivity index (χ4v) is 3.53. The van der Waals surface area contributed by atoms with E-state index in [-0.39, 0.29) is 47.4 Å². The van der Waals surface area contributed by atoms with E-state index in [0.29, 0.717) is 0 Å². The van der Waals surface area contributed by atoms with E-state index >= 15 is 0 Å². The van der Waals surface area contributed by atoms with E-state index in [9.17, 15) is 14.7 Å². The molecule has 0 aliphatic carbocycles. The lowest BCUT2D eigenvalue weighted by Crippen LogP contribution is -2.47. The first kappa shape index (κ1) is 20.9. The Bertz CT molecular complexity index is 482. The van der Waals surface area contributed by atoms with Crippen LogP contribution in [-0.2, 0) is 14.3 Å². The molecule has 1 saturated heterocycles. The lowest BCUT2D eigenvalue weighted by atomic mass is 9.82. The van der Waals surface area contributed by atoms with Crippen LogP contribution in [0.15, 0.2) is 11.6 Å². The van der Waals surface area contributed by atoms with Gasteiger partial charge in [0.05, 0.1) is 12.0 Å². The Kier molecular flexibility index (Phi) is 7.65. The van der Waals surface area contributed by atoms with E-state index in [4.69, 9.17) is 4.74 Å².